The number of fused-ring (bicyclic) bond motifs is 1. The number of methoxy groups -OCH3 is 1. The van der Waals surface area contributed by atoms with E-state index in [-0.39, 0.29) is 24.5 Å². The lowest BCUT2D eigenvalue weighted by Gasteiger charge is -2.06. The highest BCUT2D eigenvalue weighted by atomic mass is 35.5. The molecule has 158 valence electrons. The highest BCUT2D eigenvalue weighted by Crippen LogP contribution is 2.30. The molecule has 0 radical (unpaired) electrons. The van der Waals surface area contributed by atoms with Crippen molar-refractivity contribution in [1.29, 1.82) is 0 Å². The van der Waals surface area contributed by atoms with Crippen LogP contribution >= 0.6 is 22.9 Å². The number of aryl methyl sites for hydroxylation is 1. The normalized spacial score (nSPS) is 10.9. The molecule has 2 aromatic heterocycles. The van der Waals surface area contributed by atoms with Gasteiger partial charge >= 0.3 is 0 Å². The van der Waals surface area contributed by atoms with Crippen molar-refractivity contribution in [3.8, 4) is 10.9 Å². The van der Waals surface area contributed by atoms with E-state index in [4.69, 9.17) is 16.3 Å². The minimum absolute atomic E-state index is 0.0583. The van der Waals surface area contributed by atoms with Gasteiger partial charge in [0.25, 0.3) is 0 Å². The van der Waals surface area contributed by atoms with Gasteiger partial charge in [-0.05, 0) is 49.4 Å². The van der Waals surface area contributed by atoms with E-state index in [0.717, 1.165) is 21.7 Å². The first kappa shape index (κ1) is 21.0. The van der Waals surface area contributed by atoms with Crippen LogP contribution in [0.4, 0.5) is 5.82 Å². The van der Waals surface area contributed by atoms with Crippen molar-refractivity contribution in [3.63, 3.8) is 0 Å². The number of amides is 1. The van der Waals surface area contributed by atoms with Crippen LogP contribution in [-0.2, 0) is 4.79 Å². The Balaban J connectivity index is 1.47. The average Bonchev–Trinajstić information content (AvgIpc) is 3.34. The summed E-state index contributed by atoms with van der Waals surface area (Å²) >= 11 is 7.29. The summed E-state index contributed by atoms with van der Waals surface area (Å²) in [7, 11) is 1.62. The lowest BCUT2D eigenvalue weighted by Crippen LogP contribution is -2.16. The summed E-state index contributed by atoms with van der Waals surface area (Å²) in [5, 5.41) is 8.49. The molecule has 9 heteroatoms. The van der Waals surface area contributed by atoms with Gasteiger partial charge < -0.3 is 10.1 Å². The number of hydrogen-bond donors (Lipinski definition) is 1. The molecule has 1 amide bonds. The van der Waals surface area contributed by atoms with Gasteiger partial charge in [-0.25, -0.2) is 4.98 Å². The number of anilines is 1. The van der Waals surface area contributed by atoms with Crippen LogP contribution < -0.4 is 10.1 Å². The zero-order valence-electron chi connectivity index (χ0n) is 16.9. The van der Waals surface area contributed by atoms with Gasteiger partial charge in [0.05, 0.1) is 23.0 Å². The highest BCUT2D eigenvalue weighted by Gasteiger charge is 2.16. The predicted molar refractivity (Wildman–Crippen MR) is 122 cm³/mol. The Morgan fingerprint density at radius 1 is 1.13 bits per heavy atom. The maximum Gasteiger partial charge on any atom is 0.225 e. The molecule has 0 atom stereocenters. The Labute approximate surface area is 187 Å². The Morgan fingerprint density at radius 3 is 2.65 bits per heavy atom. The highest BCUT2D eigenvalue weighted by molar-refractivity contribution is 7.20. The van der Waals surface area contributed by atoms with Crippen LogP contribution in [0.2, 0.25) is 5.02 Å². The largest absolute Gasteiger partial charge is 0.497 e. The van der Waals surface area contributed by atoms with Crippen LogP contribution in [0.5, 0.6) is 5.75 Å². The van der Waals surface area contributed by atoms with E-state index in [1.807, 2.05) is 25.1 Å². The molecule has 2 heterocycles. The molecule has 4 aromatic rings. The topological polar surface area (TPSA) is 86.1 Å². The van der Waals surface area contributed by atoms with E-state index >= 15 is 0 Å². The van der Waals surface area contributed by atoms with Crippen molar-refractivity contribution in [2.75, 3.05) is 12.4 Å². The van der Waals surface area contributed by atoms with Crippen molar-refractivity contribution >= 4 is 50.7 Å². The zero-order valence-corrected chi connectivity index (χ0v) is 18.5. The number of hydrogen-bond acceptors (Lipinski definition) is 6. The van der Waals surface area contributed by atoms with Crippen LogP contribution in [-0.4, -0.2) is 33.6 Å². The third-order valence-corrected chi connectivity index (χ3v) is 5.86. The number of nitrogens with zero attached hydrogens (tertiary/aromatic N) is 3. The molecular formula is C22H19ClN4O3S. The summed E-state index contributed by atoms with van der Waals surface area (Å²) in [6.07, 6.45) is 0.157. The molecule has 0 saturated heterocycles. The van der Waals surface area contributed by atoms with Crippen LogP contribution in [0.15, 0.2) is 48.5 Å². The van der Waals surface area contributed by atoms with Gasteiger partial charge in [-0.15, -0.1) is 0 Å². The lowest BCUT2D eigenvalue weighted by molar-refractivity contribution is -0.116. The number of ether oxygens (including phenoxy) is 1. The molecule has 0 aliphatic heterocycles. The van der Waals surface area contributed by atoms with Crippen LogP contribution in [0.3, 0.4) is 0 Å². The van der Waals surface area contributed by atoms with E-state index in [1.54, 1.807) is 42.1 Å². The van der Waals surface area contributed by atoms with Gasteiger partial charge in [0.2, 0.25) is 11.0 Å². The van der Waals surface area contributed by atoms with Crippen molar-refractivity contribution in [1.82, 2.24) is 14.8 Å². The molecule has 31 heavy (non-hydrogen) atoms. The Kier molecular flexibility index (Phi) is 6.01. The molecule has 0 fully saturated rings. The van der Waals surface area contributed by atoms with Gasteiger partial charge in [-0.1, -0.05) is 22.9 Å². The Hall–Kier alpha value is -3.23. The Bertz CT molecular complexity index is 1260. The molecule has 0 saturated carbocycles. The van der Waals surface area contributed by atoms with Crippen LogP contribution in [0, 0.1) is 6.92 Å². The minimum Gasteiger partial charge on any atom is -0.497 e. The Morgan fingerprint density at radius 2 is 1.90 bits per heavy atom. The number of aromatic nitrogens is 3. The number of carbonyl (C=O) groups is 2. The van der Waals surface area contributed by atoms with E-state index in [2.05, 4.69) is 15.4 Å². The van der Waals surface area contributed by atoms with Gasteiger partial charge in [0.1, 0.15) is 11.6 Å². The fourth-order valence-corrected chi connectivity index (χ4v) is 4.14. The molecule has 0 spiro atoms. The van der Waals surface area contributed by atoms with Crippen LogP contribution in [0.25, 0.3) is 15.3 Å². The third kappa shape index (κ3) is 4.76. The molecule has 0 unspecified atom stereocenters. The summed E-state index contributed by atoms with van der Waals surface area (Å²) in [6.45, 7) is 1.84. The first-order valence-corrected chi connectivity index (χ1v) is 10.7. The molecular weight excluding hydrogens is 436 g/mol. The lowest BCUT2D eigenvalue weighted by atomic mass is 10.1. The van der Waals surface area contributed by atoms with Crippen molar-refractivity contribution in [2.24, 2.45) is 0 Å². The average molecular weight is 455 g/mol. The fraction of sp³-hybridized carbons (Fsp3) is 0.182. The van der Waals surface area contributed by atoms with Crippen molar-refractivity contribution < 1.29 is 14.3 Å². The number of Topliss-reactive ketones (excluding diaryl/α,β-unsaturated/α-hetero) is 1. The zero-order chi connectivity index (χ0) is 22.0. The van der Waals surface area contributed by atoms with Gasteiger partial charge in [0.15, 0.2) is 5.78 Å². The van der Waals surface area contributed by atoms with E-state index in [0.29, 0.717) is 21.5 Å². The SMILES string of the molecule is COc1ccc2nc(-n3nc(C)cc3NC(=O)CCC(=O)c3ccc(Cl)cc3)sc2c1. The molecule has 0 bridgehead atoms. The predicted octanol–water partition coefficient (Wildman–Crippen LogP) is 5.05. The summed E-state index contributed by atoms with van der Waals surface area (Å²) in [4.78, 5) is 29.4. The molecule has 2 aromatic carbocycles. The maximum absolute atomic E-state index is 12.5. The third-order valence-electron chi connectivity index (χ3n) is 4.61. The van der Waals surface area contributed by atoms with Crippen molar-refractivity contribution in [2.45, 2.75) is 19.8 Å². The second kappa shape index (κ2) is 8.87. The summed E-state index contributed by atoms with van der Waals surface area (Å²) in [6, 6.07) is 14.0. The molecule has 0 aliphatic carbocycles. The minimum atomic E-state index is -0.272. The maximum atomic E-state index is 12.5. The smallest absolute Gasteiger partial charge is 0.225 e. The number of carbonyl (C=O) groups excluding carboxylic acids is 2. The van der Waals surface area contributed by atoms with E-state index < -0.39 is 0 Å². The number of halogens is 1. The summed E-state index contributed by atoms with van der Waals surface area (Å²) in [5.41, 5.74) is 2.09. The van der Waals surface area contributed by atoms with Gasteiger partial charge in [-0.3, -0.25) is 9.59 Å². The van der Waals surface area contributed by atoms with Gasteiger partial charge in [0, 0.05) is 29.5 Å². The summed E-state index contributed by atoms with van der Waals surface area (Å²) in [5.74, 6) is 0.869. The van der Waals surface area contributed by atoms with Crippen molar-refractivity contribution in [3.05, 3.63) is 64.8 Å². The number of nitrogens with one attached hydrogen (secondary N) is 1. The first-order chi connectivity index (χ1) is 14.9. The molecule has 0 aliphatic rings. The van der Waals surface area contributed by atoms with Crippen LogP contribution in [0.1, 0.15) is 28.9 Å². The molecule has 7 nitrogen and oxygen atoms in total. The second-order valence-corrected chi connectivity index (χ2v) is 8.34. The second-order valence-electron chi connectivity index (χ2n) is 6.89. The van der Waals surface area contributed by atoms with E-state index in [9.17, 15) is 9.59 Å². The van der Waals surface area contributed by atoms with E-state index in [1.165, 1.54) is 11.3 Å². The van der Waals surface area contributed by atoms with Gasteiger partial charge in [-0.2, -0.15) is 9.78 Å². The standard InChI is InChI=1S/C22H19ClN4O3S/c1-13-11-20(25-21(29)10-9-18(28)14-3-5-15(23)6-4-14)27(26-13)22-24-17-8-7-16(30-2)12-19(17)31-22/h3-8,11-12H,9-10H2,1-2H3,(H,25,29). The quantitative estimate of drug-likeness (QED) is 0.395. The number of benzene rings is 2. The number of thiazole rings is 1. The fourth-order valence-electron chi connectivity index (χ4n) is 3.06. The molecule has 1 N–H and O–H groups in total. The summed E-state index contributed by atoms with van der Waals surface area (Å²) < 4.78 is 7.82. The number of rotatable bonds is 7. The molecule has 4 rings (SSSR count). The number of ketones is 1. The monoisotopic (exact) mass is 454 g/mol. The first-order valence-electron chi connectivity index (χ1n) is 9.53.